The third-order valence-electron chi connectivity index (χ3n) is 5.02. The van der Waals surface area contributed by atoms with Crippen LogP contribution in [0.25, 0.3) is 5.57 Å². The van der Waals surface area contributed by atoms with Gasteiger partial charge < -0.3 is 15.4 Å². The van der Waals surface area contributed by atoms with E-state index in [0.29, 0.717) is 5.57 Å². The van der Waals surface area contributed by atoms with Crippen molar-refractivity contribution < 1.29 is 9.53 Å². The number of morpholine rings is 1. The number of aryl methyl sites for hydroxylation is 1. The molecule has 2 N–H and O–H groups in total. The van der Waals surface area contributed by atoms with Crippen molar-refractivity contribution in [2.45, 2.75) is 12.3 Å². The molecule has 2 aromatic carbocycles. The van der Waals surface area contributed by atoms with E-state index in [1.165, 1.54) is 0 Å². The summed E-state index contributed by atoms with van der Waals surface area (Å²) in [5, 5.41) is 6.23. The Balaban J connectivity index is 1.48. The van der Waals surface area contributed by atoms with E-state index >= 15 is 0 Å². The van der Waals surface area contributed by atoms with Crippen molar-refractivity contribution in [2.24, 2.45) is 0 Å². The monoisotopic (exact) mass is 381 g/mol. The molecule has 4 rings (SSSR count). The molecule has 1 fully saturated rings. The van der Waals surface area contributed by atoms with E-state index in [1.807, 2.05) is 37.3 Å². The molecule has 6 heteroatoms. The summed E-state index contributed by atoms with van der Waals surface area (Å²) in [5.41, 5.74) is 5.66. The van der Waals surface area contributed by atoms with Gasteiger partial charge in [0.1, 0.15) is 0 Å². The van der Waals surface area contributed by atoms with Crippen molar-refractivity contribution in [1.29, 1.82) is 0 Å². The molecule has 0 saturated carbocycles. The maximum atomic E-state index is 12.3. The summed E-state index contributed by atoms with van der Waals surface area (Å²) in [5.74, 6) is -0.0776. The van der Waals surface area contributed by atoms with Gasteiger partial charge in [0.05, 0.1) is 24.2 Å². The first-order valence-corrected chi connectivity index (χ1v) is 9.63. The molecule has 2 aromatic rings. The normalized spacial score (nSPS) is 19.6. The minimum Gasteiger partial charge on any atom is -0.379 e. The van der Waals surface area contributed by atoms with Crippen LogP contribution in [0, 0.1) is 6.92 Å². The highest BCUT2D eigenvalue weighted by Gasteiger charge is 2.25. The molecule has 5 nitrogen and oxygen atoms in total. The molecule has 2 heterocycles. The predicted octanol–water partition coefficient (Wildman–Crippen LogP) is 3.66. The summed E-state index contributed by atoms with van der Waals surface area (Å²) < 4.78 is 5.40. The number of nitrogens with zero attached hydrogens (tertiary/aromatic N) is 1. The summed E-state index contributed by atoms with van der Waals surface area (Å²) in [4.78, 5) is 14.6. The molecular weight excluding hydrogens is 358 g/mol. The van der Waals surface area contributed by atoms with E-state index in [4.69, 9.17) is 17.4 Å². The van der Waals surface area contributed by atoms with Crippen LogP contribution in [-0.4, -0.2) is 37.1 Å². The lowest BCUT2D eigenvalue weighted by Gasteiger charge is -2.31. The van der Waals surface area contributed by atoms with Crippen LogP contribution in [0.15, 0.2) is 48.7 Å². The Morgan fingerprint density at radius 2 is 1.93 bits per heavy atom. The average Bonchev–Trinajstić information content (AvgIpc) is 3.03. The summed E-state index contributed by atoms with van der Waals surface area (Å²) >= 11 is 4.76. The topological polar surface area (TPSA) is 53.6 Å². The Morgan fingerprint density at radius 3 is 2.67 bits per heavy atom. The van der Waals surface area contributed by atoms with Crippen LogP contribution >= 0.6 is 12.6 Å². The number of fused-ring (bicyclic) bond motifs is 1. The number of thiol groups is 1. The Hall–Kier alpha value is -2.28. The summed E-state index contributed by atoms with van der Waals surface area (Å²) in [6.07, 6.45) is 1.78. The van der Waals surface area contributed by atoms with Crippen molar-refractivity contribution in [1.82, 2.24) is 4.90 Å². The zero-order valence-electron chi connectivity index (χ0n) is 15.2. The first-order chi connectivity index (χ1) is 13.1. The van der Waals surface area contributed by atoms with E-state index in [0.717, 1.165) is 54.4 Å². The largest absolute Gasteiger partial charge is 0.379 e. The van der Waals surface area contributed by atoms with Gasteiger partial charge in [0, 0.05) is 36.2 Å². The SMILES string of the molecule is Cc1cccc2c1C(=CNc1ccc(C(S)N3CCOCC3)cc1)C(=O)N2. The fourth-order valence-electron chi connectivity index (χ4n) is 3.51. The Labute approximate surface area is 164 Å². The highest BCUT2D eigenvalue weighted by Crippen LogP contribution is 2.34. The van der Waals surface area contributed by atoms with E-state index < -0.39 is 0 Å². The van der Waals surface area contributed by atoms with Crippen molar-refractivity contribution >= 4 is 35.5 Å². The summed E-state index contributed by atoms with van der Waals surface area (Å²) in [7, 11) is 0. The number of amides is 1. The van der Waals surface area contributed by atoms with Gasteiger partial charge in [-0.2, -0.15) is 12.6 Å². The fraction of sp³-hybridized carbons (Fsp3) is 0.286. The van der Waals surface area contributed by atoms with Crippen molar-refractivity contribution in [2.75, 3.05) is 36.9 Å². The standard InChI is InChI=1S/C21H23N3O2S/c1-14-3-2-4-18-19(14)17(20(25)23-18)13-22-16-7-5-15(6-8-16)21(27)24-9-11-26-12-10-24/h2-8,13,21-22,27H,9-12H2,1H3,(H,23,25). The molecule has 2 aliphatic rings. The first kappa shape index (κ1) is 18.1. The molecule has 0 bridgehead atoms. The number of benzene rings is 2. The van der Waals surface area contributed by atoms with Gasteiger partial charge in [-0.25, -0.2) is 0 Å². The minimum absolute atomic E-state index is 0.0661. The van der Waals surface area contributed by atoms with E-state index in [9.17, 15) is 4.79 Å². The van der Waals surface area contributed by atoms with Gasteiger partial charge >= 0.3 is 0 Å². The molecule has 1 amide bonds. The number of ether oxygens (including phenoxy) is 1. The third-order valence-corrected chi connectivity index (χ3v) is 5.64. The van der Waals surface area contributed by atoms with Crippen molar-refractivity contribution in [3.05, 3.63) is 65.4 Å². The van der Waals surface area contributed by atoms with E-state index in [2.05, 4.69) is 27.7 Å². The number of hydrogen-bond acceptors (Lipinski definition) is 5. The lowest BCUT2D eigenvalue weighted by molar-refractivity contribution is -0.110. The molecule has 2 aliphatic heterocycles. The number of nitrogens with one attached hydrogen (secondary N) is 2. The van der Waals surface area contributed by atoms with Crippen LogP contribution in [0.2, 0.25) is 0 Å². The molecular formula is C21H23N3O2S. The molecule has 1 unspecified atom stereocenters. The average molecular weight is 382 g/mol. The number of anilines is 2. The summed E-state index contributed by atoms with van der Waals surface area (Å²) in [6, 6.07) is 14.1. The van der Waals surface area contributed by atoms with Crippen LogP contribution in [0.3, 0.4) is 0 Å². The Morgan fingerprint density at radius 1 is 1.19 bits per heavy atom. The van der Waals surface area contributed by atoms with Gasteiger partial charge in [0.2, 0.25) is 0 Å². The van der Waals surface area contributed by atoms with Crippen LogP contribution in [-0.2, 0) is 9.53 Å². The zero-order valence-corrected chi connectivity index (χ0v) is 16.1. The summed E-state index contributed by atoms with van der Waals surface area (Å²) in [6.45, 7) is 5.32. The third kappa shape index (κ3) is 3.74. The number of carbonyl (C=O) groups excluding carboxylic acids is 1. The van der Waals surface area contributed by atoms with Gasteiger partial charge in [-0.05, 0) is 36.2 Å². The molecule has 0 aromatic heterocycles. The highest BCUT2D eigenvalue weighted by molar-refractivity contribution is 7.80. The Bertz CT molecular complexity index is 873. The molecule has 27 heavy (non-hydrogen) atoms. The van der Waals surface area contributed by atoms with E-state index in [-0.39, 0.29) is 11.3 Å². The minimum atomic E-state index is -0.0776. The predicted molar refractivity (Wildman–Crippen MR) is 112 cm³/mol. The van der Waals surface area contributed by atoms with Crippen molar-refractivity contribution in [3.8, 4) is 0 Å². The zero-order chi connectivity index (χ0) is 18.8. The molecule has 0 aliphatic carbocycles. The van der Waals surface area contributed by atoms with Gasteiger partial charge in [0.25, 0.3) is 5.91 Å². The van der Waals surface area contributed by atoms with Crippen LogP contribution in [0.5, 0.6) is 0 Å². The highest BCUT2D eigenvalue weighted by atomic mass is 32.1. The molecule has 140 valence electrons. The van der Waals surface area contributed by atoms with E-state index in [1.54, 1.807) is 6.20 Å². The number of carbonyl (C=O) groups is 1. The van der Waals surface area contributed by atoms with Crippen LogP contribution in [0.1, 0.15) is 22.1 Å². The Kier molecular flexibility index (Phi) is 5.20. The second-order valence-corrected chi connectivity index (χ2v) is 7.29. The van der Waals surface area contributed by atoms with Gasteiger partial charge in [-0.1, -0.05) is 24.3 Å². The molecule has 1 atom stereocenters. The van der Waals surface area contributed by atoms with Gasteiger partial charge in [-0.3, -0.25) is 9.69 Å². The second kappa shape index (κ2) is 7.76. The first-order valence-electron chi connectivity index (χ1n) is 9.11. The van der Waals surface area contributed by atoms with Crippen molar-refractivity contribution in [3.63, 3.8) is 0 Å². The quantitative estimate of drug-likeness (QED) is 0.559. The number of hydrogen-bond donors (Lipinski definition) is 3. The fourth-order valence-corrected chi connectivity index (χ4v) is 3.91. The smallest absolute Gasteiger partial charge is 0.257 e. The number of rotatable bonds is 4. The molecule has 1 saturated heterocycles. The lowest BCUT2D eigenvalue weighted by Crippen LogP contribution is -2.37. The molecule has 0 spiro atoms. The second-order valence-electron chi connectivity index (χ2n) is 6.80. The van der Waals surface area contributed by atoms with Crippen LogP contribution in [0.4, 0.5) is 11.4 Å². The maximum Gasteiger partial charge on any atom is 0.257 e. The molecule has 0 radical (unpaired) electrons. The van der Waals surface area contributed by atoms with Gasteiger partial charge in [-0.15, -0.1) is 0 Å². The van der Waals surface area contributed by atoms with Crippen LogP contribution < -0.4 is 10.6 Å². The van der Waals surface area contributed by atoms with Gasteiger partial charge in [0.15, 0.2) is 0 Å². The lowest BCUT2D eigenvalue weighted by atomic mass is 10.0. The maximum absolute atomic E-state index is 12.3.